The van der Waals surface area contributed by atoms with E-state index < -0.39 is 11.9 Å². The molecule has 0 radical (unpaired) electrons. The van der Waals surface area contributed by atoms with Crippen LogP contribution < -0.4 is 0 Å². The number of carboxylic acids is 1. The lowest BCUT2D eigenvalue weighted by Crippen LogP contribution is -2.59. The van der Waals surface area contributed by atoms with Gasteiger partial charge in [0.15, 0.2) is 5.78 Å². The minimum Gasteiger partial charge on any atom is -0.508 e. The molecular weight excluding hydrogens is 474 g/mol. The van der Waals surface area contributed by atoms with Gasteiger partial charge in [0.25, 0.3) is 0 Å². The van der Waals surface area contributed by atoms with Crippen molar-refractivity contribution in [3.63, 3.8) is 0 Å². The number of ketones is 1. The van der Waals surface area contributed by atoms with Crippen molar-refractivity contribution in [1.82, 2.24) is 4.90 Å². The van der Waals surface area contributed by atoms with Gasteiger partial charge < -0.3 is 15.1 Å². The van der Waals surface area contributed by atoms with Crippen molar-refractivity contribution in [3.8, 4) is 5.75 Å². The maximum absolute atomic E-state index is 12.2. The van der Waals surface area contributed by atoms with Gasteiger partial charge in [-0.25, -0.2) is 0 Å². The Bertz CT molecular complexity index is 1320. The molecule has 3 aromatic rings. The molecule has 5 nitrogen and oxygen atoms in total. The summed E-state index contributed by atoms with van der Waals surface area (Å²) in [4.78, 5) is 25.8. The number of likely N-dealkylation sites (N-methyl/N-ethyl adjacent to an activating group) is 1. The van der Waals surface area contributed by atoms with Crippen molar-refractivity contribution < 1.29 is 19.8 Å². The fourth-order valence-electron chi connectivity index (χ4n) is 7.03. The molecule has 2 aliphatic carbocycles. The molecule has 1 saturated carbocycles. The van der Waals surface area contributed by atoms with Gasteiger partial charge in [0.1, 0.15) is 5.75 Å². The number of phenolic OH excluding ortho intramolecular Hbond substituents is 1. The molecule has 2 bridgehead atoms. The molecule has 38 heavy (non-hydrogen) atoms. The first-order valence-electron chi connectivity index (χ1n) is 13.8. The van der Waals surface area contributed by atoms with Gasteiger partial charge >= 0.3 is 5.97 Å². The number of aliphatic carboxylic acids is 1. The lowest BCUT2D eigenvalue weighted by atomic mass is 9.52. The summed E-state index contributed by atoms with van der Waals surface area (Å²) in [5.41, 5.74) is 5.10. The molecule has 1 unspecified atom stereocenters. The summed E-state index contributed by atoms with van der Waals surface area (Å²) in [5.74, 6) is -0.350. The van der Waals surface area contributed by atoms with Gasteiger partial charge in [-0.1, -0.05) is 67.4 Å². The van der Waals surface area contributed by atoms with Gasteiger partial charge in [0.2, 0.25) is 0 Å². The molecule has 5 heteroatoms. The average molecular weight is 512 g/mol. The second-order valence-corrected chi connectivity index (χ2v) is 11.2. The van der Waals surface area contributed by atoms with Gasteiger partial charge in [0, 0.05) is 22.6 Å². The number of hydrogen-bond acceptors (Lipinski definition) is 4. The molecule has 3 aromatic carbocycles. The normalized spacial score (nSPS) is 24.7. The second kappa shape index (κ2) is 10.7. The first kappa shape index (κ1) is 26.2. The molecule has 0 amide bonds. The predicted octanol–water partition coefficient (Wildman–Crippen LogP) is 6.19. The fraction of sp³-hybridized carbons (Fsp3) is 0.394. The zero-order valence-electron chi connectivity index (χ0n) is 22.3. The number of phenols is 1. The van der Waals surface area contributed by atoms with Crippen molar-refractivity contribution in [3.05, 3.63) is 101 Å². The highest BCUT2D eigenvalue weighted by atomic mass is 16.4. The Balaban J connectivity index is 0.000000155. The van der Waals surface area contributed by atoms with Crippen molar-refractivity contribution in [1.29, 1.82) is 0 Å². The van der Waals surface area contributed by atoms with E-state index in [1.54, 1.807) is 55.5 Å². The smallest absolute Gasteiger partial charge is 0.310 e. The largest absolute Gasteiger partial charge is 0.508 e. The fourth-order valence-corrected chi connectivity index (χ4v) is 7.03. The molecule has 2 fully saturated rings. The van der Waals surface area contributed by atoms with Crippen molar-refractivity contribution >= 4 is 11.8 Å². The van der Waals surface area contributed by atoms with Crippen LogP contribution >= 0.6 is 0 Å². The van der Waals surface area contributed by atoms with E-state index in [4.69, 9.17) is 5.11 Å². The van der Waals surface area contributed by atoms with E-state index >= 15 is 0 Å². The third-order valence-electron chi connectivity index (χ3n) is 9.15. The Labute approximate surface area is 225 Å². The van der Waals surface area contributed by atoms with Crippen LogP contribution in [0.4, 0.5) is 0 Å². The van der Waals surface area contributed by atoms with E-state index in [2.05, 4.69) is 24.1 Å². The van der Waals surface area contributed by atoms with E-state index in [1.807, 2.05) is 12.1 Å². The number of carboxylic acid groups (broad SMARTS) is 1. The summed E-state index contributed by atoms with van der Waals surface area (Å²) in [6, 6.07) is 22.6. The Hall–Kier alpha value is -3.44. The maximum atomic E-state index is 12.2. The van der Waals surface area contributed by atoms with E-state index in [1.165, 1.54) is 56.2 Å². The number of rotatable bonds is 4. The zero-order valence-corrected chi connectivity index (χ0v) is 22.3. The third kappa shape index (κ3) is 4.88. The molecule has 0 aromatic heterocycles. The van der Waals surface area contributed by atoms with E-state index in [-0.39, 0.29) is 5.78 Å². The number of carbonyl (C=O) groups excluding carboxylic acids is 1. The molecular formula is C33H37NO4. The molecule has 0 spiro atoms. The summed E-state index contributed by atoms with van der Waals surface area (Å²) in [7, 11) is 2.30. The highest BCUT2D eigenvalue weighted by Gasteiger charge is 2.53. The number of piperidine rings is 1. The Morgan fingerprint density at radius 2 is 1.71 bits per heavy atom. The molecule has 198 valence electrons. The number of aromatic hydroxyl groups is 1. The Kier molecular flexibility index (Phi) is 7.40. The number of hydrogen-bond donors (Lipinski definition) is 2. The van der Waals surface area contributed by atoms with Crippen LogP contribution in [0.3, 0.4) is 0 Å². The molecule has 6 rings (SSSR count). The van der Waals surface area contributed by atoms with Crippen LogP contribution in [0.2, 0.25) is 0 Å². The Morgan fingerprint density at radius 3 is 2.47 bits per heavy atom. The maximum Gasteiger partial charge on any atom is 0.310 e. The lowest BCUT2D eigenvalue weighted by molar-refractivity contribution is -0.138. The number of fused-ring (bicyclic) bond motifs is 1. The molecule has 1 aliphatic heterocycles. The average Bonchev–Trinajstić information content (AvgIpc) is 2.95. The van der Waals surface area contributed by atoms with Gasteiger partial charge in [-0.2, -0.15) is 0 Å². The molecule has 2 N–H and O–H groups in total. The van der Waals surface area contributed by atoms with Crippen molar-refractivity contribution in [2.75, 3.05) is 13.6 Å². The zero-order chi connectivity index (χ0) is 26.9. The SMILES string of the molecule is CC(C(=O)O)c1cccc(C(=O)c2ccccc2)c1.CN1CC[C@@]23CCCC[C@H]2[C@@H]1Cc1ccc(O)cc13. The highest BCUT2D eigenvalue weighted by Crippen LogP contribution is 2.55. The predicted molar refractivity (Wildman–Crippen MR) is 149 cm³/mol. The van der Waals surface area contributed by atoms with E-state index in [0.717, 1.165) is 12.0 Å². The van der Waals surface area contributed by atoms with Gasteiger partial charge in [0.05, 0.1) is 5.92 Å². The lowest BCUT2D eigenvalue weighted by Gasteiger charge is -2.58. The number of nitrogens with zero attached hydrogens (tertiary/aromatic N) is 1. The van der Waals surface area contributed by atoms with Crippen molar-refractivity contribution in [2.45, 2.75) is 62.8 Å². The van der Waals surface area contributed by atoms with E-state index in [0.29, 0.717) is 27.9 Å². The highest BCUT2D eigenvalue weighted by molar-refractivity contribution is 6.09. The van der Waals surface area contributed by atoms with Crippen LogP contribution in [0.1, 0.15) is 77.6 Å². The number of carbonyl (C=O) groups is 2. The first-order valence-corrected chi connectivity index (χ1v) is 13.8. The van der Waals surface area contributed by atoms with Gasteiger partial charge in [-0.3, -0.25) is 9.59 Å². The third-order valence-corrected chi connectivity index (χ3v) is 9.15. The second-order valence-electron chi connectivity index (χ2n) is 11.2. The number of likely N-dealkylation sites (tertiary alicyclic amines) is 1. The van der Waals surface area contributed by atoms with Crippen LogP contribution in [0.15, 0.2) is 72.8 Å². The van der Waals surface area contributed by atoms with Crippen LogP contribution in [0, 0.1) is 5.92 Å². The molecule has 1 heterocycles. The van der Waals surface area contributed by atoms with Crippen LogP contribution in [-0.4, -0.2) is 46.5 Å². The topological polar surface area (TPSA) is 77.8 Å². The molecule has 3 aliphatic rings. The van der Waals surface area contributed by atoms with Gasteiger partial charge in [-0.15, -0.1) is 0 Å². The van der Waals surface area contributed by atoms with E-state index in [9.17, 15) is 14.7 Å². The minimum absolute atomic E-state index is 0.0972. The standard InChI is InChI=1S/C17H23NO.C16H14O3/c1-18-9-8-17-7-3-2-4-14(17)16(18)10-12-5-6-13(19)11-15(12)17;1-11(16(18)19)13-8-5-9-14(10-13)15(17)12-6-3-2-4-7-12/h5-6,11,14,16,19H,2-4,7-10H2,1H3;2-11H,1H3,(H,18,19)/t14-,16-,17-;/m0./s1. The van der Waals surface area contributed by atoms with Crippen LogP contribution in [-0.2, 0) is 16.6 Å². The van der Waals surface area contributed by atoms with Crippen molar-refractivity contribution in [2.24, 2.45) is 5.92 Å². The summed E-state index contributed by atoms with van der Waals surface area (Å²) in [6.45, 7) is 2.82. The summed E-state index contributed by atoms with van der Waals surface area (Å²) in [6.07, 6.45) is 7.93. The van der Waals surface area contributed by atoms with Gasteiger partial charge in [-0.05, 0) is 87.0 Å². The molecule has 4 atom stereocenters. The van der Waals surface area contributed by atoms with Crippen LogP contribution in [0.25, 0.3) is 0 Å². The summed E-state index contributed by atoms with van der Waals surface area (Å²) in [5, 5.41) is 18.9. The number of benzene rings is 3. The minimum atomic E-state index is -0.899. The summed E-state index contributed by atoms with van der Waals surface area (Å²) >= 11 is 0. The molecule has 1 saturated heterocycles. The first-order chi connectivity index (χ1) is 18.3. The quantitative estimate of drug-likeness (QED) is 0.409. The summed E-state index contributed by atoms with van der Waals surface area (Å²) < 4.78 is 0. The Morgan fingerprint density at radius 1 is 0.947 bits per heavy atom. The van der Waals surface area contributed by atoms with Crippen LogP contribution in [0.5, 0.6) is 5.75 Å². The monoisotopic (exact) mass is 511 g/mol.